The van der Waals surface area contributed by atoms with Crippen molar-refractivity contribution in [2.75, 3.05) is 32.7 Å². The predicted octanol–water partition coefficient (Wildman–Crippen LogP) is 3.28. The van der Waals surface area contributed by atoms with Gasteiger partial charge in [0.05, 0.1) is 0 Å². The van der Waals surface area contributed by atoms with Gasteiger partial charge in [0.15, 0.2) is 0 Å². The normalized spacial score (nSPS) is 26.3. The molecular weight excluding hydrogens is 220 g/mol. The Hall–Kier alpha value is -0.0800. The Bertz CT molecular complexity index is 219. The van der Waals surface area contributed by atoms with Crippen molar-refractivity contribution in [1.29, 1.82) is 0 Å². The molecular formula is C16H32N2. The number of hydrogen-bond acceptors (Lipinski definition) is 2. The minimum Gasteiger partial charge on any atom is -0.317 e. The van der Waals surface area contributed by atoms with Crippen LogP contribution in [0.15, 0.2) is 0 Å². The van der Waals surface area contributed by atoms with E-state index in [1.165, 1.54) is 77.7 Å². The second kappa shape index (κ2) is 6.91. The van der Waals surface area contributed by atoms with E-state index in [1.807, 2.05) is 0 Å². The first-order valence-corrected chi connectivity index (χ1v) is 8.21. The van der Waals surface area contributed by atoms with Crippen LogP contribution in [-0.2, 0) is 0 Å². The Balaban J connectivity index is 1.66. The molecule has 0 saturated carbocycles. The van der Waals surface area contributed by atoms with Crippen molar-refractivity contribution in [2.45, 2.75) is 58.8 Å². The summed E-state index contributed by atoms with van der Waals surface area (Å²) < 4.78 is 0. The Morgan fingerprint density at radius 1 is 1.06 bits per heavy atom. The van der Waals surface area contributed by atoms with Gasteiger partial charge in [-0.15, -0.1) is 0 Å². The summed E-state index contributed by atoms with van der Waals surface area (Å²) >= 11 is 0. The quantitative estimate of drug-likeness (QED) is 0.808. The smallest absolute Gasteiger partial charge is 0.00134 e. The molecule has 1 N–H and O–H groups in total. The Labute approximate surface area is 114 Å². The largest absolute Gasteiger partial charge is 0.317 e. The molecule has 0 aromatic heterocycles. The molecule has 18 heavy (non-hydrogen) atoms. The predicted molar refractivity (Wildman–Crippen MR) is 78.9 cm³/mol. The van der Waals surface area contributed by atoms with E-state index in [2.05, 4.69) is 24.1 Å². The first-order valence-electron chi connectivity index (χ1n) is 8.21. The standard InChI is InChI=1S/C16H32N2/c1-3-16(4-2)8-13-18(14-9-16)12-7-15-5-10-17-11-6-15/h15,17H,3-14H2,1-2H3. The van der Waals surface area contributed by atoms with E-state index < -0.39 is 0 Å². The van der Waals surface area contributed by atoms with Crippen molar-refractivity contribution in [3.05, 3.63) is 0 Å². The molecule has 2 aliphatic heterocycles. The van der Waals surface area contributed by atoms with Crippen molar-refractivity contribution in [3.63, 3.8) is 0 Å². The summed E-state index contributed by atoms with van der Waals surface area (Å²) in [4.78, 5) is 2.73. The number of nitrogens with one attached hydrogen (secondary N) is 1. The number of rotatable bonds is 5. The van der Waals surface area contributed by atoms with Gasteiger partial charge in [0.25, 0.3) is 0 Å². The number of nitrogens with zero attached hydrogens (tertiary/aromatic N) is 1. The summed E-state index contributed by atoms with van der Waals surface area (Å²) in [5, 5.41) is 3.47. The summed E-state index contributed by atoms with van der Waals surface area (Å²) in [6, 6.07) is 0. The summed E-state index contributed by atoms with van der Waals surface area (Å²) in [6.45, 7) is 11.3. The lowest BCUT2D eigenvalue weighted by Gasteiger charge is -2.41. The van der Waals surface area contributed by atoms with Crippen LogP contribution in [0.1, 0.15) is 58.8 Å². The highest BCUT2D eigenvalue weighted by atomic mass is 15.1. The maximum Gasteiger partial charge on any atom is -0.00134 e. The van der Waals surface area contributed by atoms with Crippen molar-refractivity contribution >= 4 is 0 Å². The van der Waals surface area contributed by atoms with Crippen LogP contribution in [0.5, 0.6) is 0 Å². The molecule has 0 unspecified atom stereocenters. The molecule has 2 aliphatic rings. The summed E-state index contributed by atoms with van der Waals surface area (Å²) in [5.74, 6) is 0.996. The number of hydrogen-bond donors (Lipinski definition) is 1. The van der Waals surface area contributed by atoms with Crippen LogP contribution in [0.25, 0.3) is 0 Å². The Morgan fingerprint density at radius 2 is 1.67 bits per heavy atom. The summed E-state index contributed by atoms with van der Waals surface area (Å²) in [5.41, 5.74) is 0.686. The van der Waals surface area contributed by atoms with E-state index in [1.54, 1.807) is 0 Å². The average molecular weight is 252 g/mol. The van der Waals surface area contributed by atoms with Gasteiger partial charge < -0.3 is 10.2 Å². The molecule has 2 heterocycles. The zero-order chi connectivity index (χ0) is 12.8. The number of likely N-dealkylation sites (tertiary alicyclic amines) is 1. The van der Waals surface area contributed by atoms with Gasteiger partial charge >= 0.3 is 0 Å². The van der Waals surface area contributed by atoms with Gasteiger partial charge in [0, 0.05) is 0 Å². The average Bonchev–Trinajstić information content (AvgIpc) is 2.47. The van der Waals surface area contributed by atoms with Crippen LogP contribution in [0, 0.1) is 11.3 Å². The van der Waals surface area contributed by atoms with Crippen LogP contribution in [0.3, 0.4) is 0 Å². The van der Waals surface area contributed by atoms with Gasteiger partial charge in [-0.2, -0.15) is 0 Å². The Kier molecular flexibility index (Phi) is 5.50. The summed E-state index contributed by atoms with van der Waals surface area (Å²) in [6.07, 6.45) is 9.88. The third-order valence-electron chi connectivity index (χ3n) is 5.73. The number of piperidine rings is 2. The van der Waals surface area contributed by atoms with Crippen LogP contribution < -0.4 is 5.32 Å². The van der Waals surface area contributed by atoms with Gasteiger partial charge in [0.2, 0.25) is 0 Å². The van der Waals surface area contributed by atoms with Crippen LogP contribution >= 0.6 is 0 Å². The molecule has 0 aliphatic carbocycles. The third kappa shape index (κ3) is 3.71. The van der Waals surface area contributed by atoms with Gasteiger partial charge in [-0.05, 0) is 76.2 Å². The molecule has 2 rings (SSSR count). The highest BCUT2D eigenvalue weighted by Crippen LogP contribution is 2.37. The highest BCUT2D eigenvalue weighted by Gasteiger charge is 2.31. The first-order chi connectivity index (χ1) is 8.78. The molecule has 0 amide bonds. The monoisotopic (exact) mass is 252 g/mol. The minimum absolute atomic E-state index is 0.686. The zero-order valence-corrected chi connectivity index (χ0v) is 12.5. The van der Waals surface area contributed by atoms with E-state index in [-0.39, 0.29) is 0 Å². The van der Waals surface area contributed by atoms with Crippen molar-refractivity contribution < 1.29 is 0 Å². The fraction of sp³-hybridized carbons (Fsp3) is 1.00. The lowest BCUT2D eigenvalue weighted by atomic mass is 9.74. The molecule has 0 atom stereocenters. The molecule has 2 nitrogen and oxygen atoms in total. The highest BCUT2D eigenvalue weighted by molar-refractivity contribution is 4.84. The van der Waals surface area contributed by atoms with Crippen molar-refractivity contribution in [3.8, 4) is 0 Å². The van der Waals surface area contributed by atoms with E-state index in [0.717, 1.165) is 5.92 Å². The van der Waals surface area contributed by atoms with Gasteiger partial charge in [-0.3, -0.25) is 0 Å². The summed E-state index contributed by atoms with van der Waals surface area (Å²) in [7, 11) is 0. The molecule has 0 aromatic carbocycles. The minimum atomic E-state index is 0.686. The maximum atomic E-state index is 3.47. The van der Waals surface area contributed by atoms with E-state index >= 15 is 0 Å². The molecule has 0 spiro atoms. The van der Waals surface area contributed by atoms with E-state index in [0.29, 0.717) is 5.41 Å². The van der Waals surface area contributed by atoms with E-state index in [9.17, 15) is 0 Å². The molecule has 0 bridgehead atoms. The van der Waals surface area contributed by atoms with Crippen molar-refractivity contribution in [2.24, 2.45) is 11.3 Å². The van der Waals surface area contributed by atoms with Gasteiger partial charge in [-0.25, -0.2) is 0 Å². The molecule has 106 valence electrons. The lowest BCUT2D eigenvalue weighted by molar-refractivity contribution is 0.0899. The second-order valence-corrected chi connectivity index (χ2v) is 6.53. The first kappa shape index (κ1) is 14.3. The van der Waals surface area contributed by atoms with Crippen LogP contribution in [-0.4, -0.2) is 37.6 Å². The molecule has 0 aromatic rings. The Morgan fingerprint density at radius 3 is 2.22 bits per heavy atom. The molecule has 2 saturated heterocycles. The molecule has 2 heteroatoms. The zero-order valence-electron chi connectivity index (χ0n) is 12.5. The van der Waals surface area contributed by atoms with E-state index in [4.69, 9.17) is 0 Å². The fourth-order valence-electron chi connectivity index (χ4n) is 3.74. The van der Waals surface area contributed by atoms with Crippen LogP contribution in [0.4, 0.5) is 0 Å². The molecule has 2 fully saturated rings. The van der Waals surface area contributed by atoms with Gasteiger partial charge in [0.1, 0.15) is 0 Å². The molecule has 0 radical (unpaired) electrons. The lowest BCUT2D eigenvalue weighted by Crippen LogP contribution is -2.40. The SMILES string of the molecule is CCC1(CC)CCN(CCC2CCNCC2)CC1. The third-order valence-corrected chi connectivity index (χ3v) is 5.73. The maximum absolute atomic E-state index is 3.47. The van der Waals surface area contributed by atoms with Crippen LogP contribution in [0.2, 0.25) is 0 Å². The van der Waals surface area contributed by atoms with Gasteiger partial charge in [-0.1, -0.05) is 26.7 Å². The van der Waals surface area contributed by atoms with Crippen molar-refractivity contribution in [1.82, 2.24) is 10.2 Å². The fourth-order valence-corrected chi connectivity index (χ4v) is 3.74. The topological polar surface area (TPSA) is 15.3 Å². The second-order valence-electron chi connectivity index (χ2n) is 6.53.